The highest BCUT2D eigenvalue weighted by Gasteiger charge is 2.43. The number of aryl methyl sites for hydroxylation is 1. The minimum atomic E-state index is -0.403. The fourth-order valence-electron chi connectivity index (χ4n) is 3.80. The topological polar surface area (TPSA) is 61.9 Å². The number of rotatable bonds is 2. The number of anilines is 1. The van der Waals surface area contributed by atoms with Crippen LogP contribution in [-0.4, -0.2) is 62.1 Å². The summed E-state index contributed by atoms with van der Waals surface area (Å²) >= 11 is 0. The molecule has 3 rings (SSSR count). The number of carbonyl (C=O) groups is 2. The molecule has 0 aliphatic carbocycles. The normalized spacial score (nSPS) is 23.7. The molecule has 24 heavy (non-hydrogen) atoms. The molecule has 2 aliphatic heterocycles. The highest BCUT2D eigenvalue weighted by molar-refractivity contribution is 5.94. The van der Waals surface area contributed by atoms with E-state index >= 15 is 0 Å². The zero-order chi connectivity index (χ0) is 17.3. The van der Waals surface area contributed by atoms with Crippen LogP contribution in [-0.2, 0) is 4.74 Å². The van der Waals surface area contributed by atoms with Crippen LogP contribution in [0.2, 0.25) is 0 Å². The van der Waals surface area contributed by atoms with Gasteiger partial charge in [-0.05, 0) is 51.1 Å². The fraction of sp³-hybridized carbons (Fsp3) is 0.556. The van der Waals surface area contributed by atoms with Crippen LogP contribution >= 0.6 is 0 Å². The van der Waals surface area contributed by atoms with Crippen LogP contribution in [0.5, 0.6) is 0 Å². The van der Waals surface area contributed by atoms with Gasteiger partial charge in [-0.2, -0.15) is 0 Å². The van der Waals surface area contributed by atoms with Crippen LogP contribution in [0.1, 0.15) is 28.8 Å². The summed E-state index contributed by atoms with van der Waals surface area (Å²) in [4.78, 5) is 28.5. The van der Waals surface area contributed by atoms with Crippen LogP contribution in [0.3, 0.4) is 0 Å². The average Bonchev–Trinajstić information content (AvgIpc) is 3.15. The summed E-state index contributed by atoms with van der Waals surface area (Å²) in [5.74, 6) is -0.403. The van der Waals surface area contributed by atoms with Gasteiger partial charge in [-0.3, -0.25) is 0 Å². The zero-order valence-electron chi connectivity index (χ0n) is 14.6. The molecule has 1 aromatic carbocycles. The number of nitrogens with zero attached hydrogens (tertiary/aromatic N) is 2. The van der Waals surface area contributed by atoms with Crippen molar-refractivity contribution in [1.29, 1.82) is 0 Å². The Morgan fingerprint density at radius 1 is 1.21 bits per heavy atom. The molecule has 6 nitrogen and oxygen atoms in total. The molecule has 130 valence electrons. The Morgan fingerprint density at radius 2 is 1.96 bits per heavy atom. The molecule has 2 aliphatic rings. The zero-order valence-corrected chi connectivity index (χ0v) is 14.6. The van der Waals surface area contributed by atoms with E-state index in [0.717, 1.165) is 44.6 Å². The van der Waals surface area contributed by atoms with E-state index in [0.29, 0.717) is 11.3 Å². The van der Waals surface area contributed by atoms with E-state index in [-0.39, 0.29) is 11.4 Å². The Morgan fingerprint density at radius 3 is 2.62 bits per heavy atom. The van der Waals surface area contributed by atoms with Crippen LogP contribution in [0.15, 0.2) is 18.2 Å². The summed E-state index contributed by atoms with van der Waals surface area (Å²) in [7, 11) is 3.49. The lowest BCUT2D eigenvalue weighted by Gasteiger charge is -2.24. The van der Waals surface area contributed by atoms with Crippen molar-refractivity contribution >= 4 is 17.7 Å². The van der Waals surface area contributed by atoms with Crippen molar-refractivity contribution in [3.63, 3.8) is 0 Å². The largest absolute Gasteiger partial charge is 0.465 e. The van der Waals surface area contributed by atoms with E-state index in [1.807, 2.05) is 17.9 Å². The number of nitrogens with one attached hydrogen (secondary N) is 1. The number of ether oxygens (including phenoxy) is 1. The molecule has 2 amide bonds. The summed E-state index contributed by atoms with van der Waals surface area (Å²) < 4.78 is 4.74. The molecule has 0 aromatic heterocycles. The quantitative estimate of drug-likeness (QED) is 0.845. The van der Waals surface area contributed by atoms with Gasteiger partial charge in [-0.25, -0.2) is 9.59 Å². The van der Waals surface area contributed by atoms with Crippen molar-refractivity contribution in [1.82, 2.24) is 9.80 Å². The predicted molar refractivity (Wildman–Crippen MR) is 92.3 cm³/mol. The van der Waals surface area contributed by atoms with Gasteiger partial charge in [0, 0.05) is 30.7 Å². The molecule has 1 N–H and O–H groups in total. The first kappa shape index (κ1) is 16.8. The minimum Gasteiger partial charge on any atom is -0.465 e. The number of hydrogen-bond donors (Lipinski definition) is 1. The molecule has 1 aromatic rings. The summed E-state index contributed by atoms with van der Waals surface area (Å²) in [5, 5.41) is 2.95. The highest BCUT2D eigenvalue weighted by atomic mass is 16.5. The molecule has 1 atom stereocenters. The lowest BCUT2D eigenvalue weighted by Crippen LogP contribution is -2.36. The van der Waals surface area contributed by atoms with Crippen LogP contribution < -0.4 is 5.32 Å². The number of carbonyl (C=O) groups excluding carboxylic acids is 2. The van der Waals surface area contributed by atoms with E-state index in [1.54, 1.807) is 12.1 Å². The molecular formula is C18H25N3O3. The van der Waals surface area contributed by atoms with E-state index < -0.39 is 5.97 Å². The Labute approximate surface area is 142 Å². The second kappa shape index (κ2) is 6.43. The third-order valence-corrected chi connectivity index (χ3v) is 5.25. The molecule has 1 spiro atoms. The van der Waals surface area contributed by atoms with Crippen LogP contribution in [0.4, 0.5) is 10.5 Å². The van der Waals surface area contributed by atoms with Gasteiger partial charge in [-0.15, -0.1) is 0 Å². The van der Waals surface area contributed by atoms with Crippen molar-refractivity contribution < 1.29 is 14.3 Å². The van der Waals surface area contributed by atoms with Gasteiger partial charge in [0.2, 0.25) is 0 Å². The molecular weight excluding hydrogens is 306 g/mol. The van der Waals surface area contributed by atoms with Gasteiger partial charge < -0.3 is 19.9 Å². The Kier molecular flexibility index (Phi) is 4.49. The summed E-state index contributed by atoms with van der Waals surface area (Å²) in [6.45, 7) is 5.67. The number of urea groups is 1. The van der Waals surface area contributed by atoms with Crippen LogP contribution in [0, 0.1) is 12.3 Å². The number of esters is 1. The number of hydrogen-bond acceptors (Lipinski definition) is 4. The van der Waals surface area contributed by atoms with Gasteiger partial charge in [0.1, 0.15) is 0 Å². The first-order valence-electron chi connectivity index (χ1n) is 8.36. The van der Waals surface area contributed by atoms with Crippen molar-refractivity contribution in [3.8, 4) is 0 Å². The lowest BCUT2D eigenvalue weighted by molar-refractivity contribution is 0.0600. The van der Waals surface area contributed by atoms with E-state index in [1.165, 1.54) is 7.11 Å². The van der Waals surface area contributed by atoms with Gasteiger partial charge in [-0.1, -0.05) is 6.07 Å². The standard InChI is InChI=1S/C18H25N3O3/c1-13-4-5-14(16(22)24-3)10-15(13)19-17(23)21-9-7-18(12-21)6-8-20(2)11-18/h4-5,10H,6-9,11-12H2,1-3H3,(H,19,23)/t18-/m1/s1. The smallest absolute Gasteiger partial charge is 0.337 e. The van der Waals surface area contributed by atoms with E-state index in [2.05, 4.69) is 17.3 Å². The number of amides is 2. The summed E-state index contributed by atoms with van der Waals surface area (Å²) in [5.41, 5.74) is 2.28. The number of likely N-dealkylation sites (tertiary alicyclic amines) is 2. The first-order valence-corrected chi connectivity index (χ1v) is 8.36. The van der Waals surface area contributed by atoms with Crippen molar-refractivity contribution in [2.45, 2.75) is 19.8 Å². The highest BCUT2D eigenvalue weighted by Crippen LogP contribution is 2.39. The Hall–Kier alpha value is -2.08. The van der Waals surface area contributed by atoms with Gasteiger partial charge >= 0.3 is 12.0 Å². The Bertz CT molecular complexity index is 661. The fourth-order valence-corrected chi connectivity index (χ4v) is 3.80. The summed E-state index contributed by atoms with van der Waals surface area (Å²) in [6, 6.07) is 5.11. The summed E-state index contributed by atoms with van der Waals surface area (Å²) in [6.07, 6.45) is 2.22. The molecule has 0 bridgehead atoms. The van der Waals surface area contributed by atoms with E-state index in [9.17, 15) is 9.59 Å². The average molecular weight is 331 g/mol. The maximum Gasteiger partial charge on any atom is 0.337 e. The minimum absolute atomic E-state index is 0.0912. The molecule has 6 heteroatoms. The molecule has 0 saturated carbocycles. The van der Waals surface area contributed by atoms with Crippen LogP contribution in [0.25, 0.3) is 0 Å². The van der Waals surface area contributed by atoms with Crippen molar-refractivity contribution in [2.24, 2.45) is 5.41 Å². The predicted octanol–water partition coefficient (Wildman–Crippen LogP) is 2.34. The van der Waals surface area contributed by atoms with Gasteiger partial charge in [0.15, 0.2) is 0 Å². The third kappa shape index (κ3) is 3.24. The number of methoxy groups -OCH3 is 1. The molecule has 0 unspecified atom stereocenters. The third-order valence-electron chi connectivity index (χ3n) is 5.25. The molecule has 2 fully saturated rings. The SMILES string of the molecule is COC(=O)c1ccc(C)c(NC(=O)N2CC[C@@]3(CCN(C)C3)C2)c1. The van der Waals surface area contributed by atoms with E-state index in [4.69, 9.17) is 4.74 Å². The maximum atomic E-state index is 12.6. The monoisotopic (exact) mass is 331 g/mol. The van der Waals surface area contributed by atoms with Crippen molar-refractivity contribution in [2.75, 3.05) is 45.7 Å². The maximum absolute atomic E-state index is 12.6. The van der Waals surface area contributed by atoms with Gasteiger partial charge in [0.05, 0.1) is 12.7 Å². The molecule has 2 saturated heterocycles. The second-order valence-electron chi connectivity index (χ2n) is 7.11. The molecule has 0 radical (unpaired) electrons. The first-order chi connectivity index (χ1) is 11.4. The molecule has 2 heterocycles. The Balaban J connectivity index is 1.68. The lowest BCUT2D eigenvalue weighted by atomic mass is 9.86. The van der Waals surface area contributed by atoms with Crippen molar-refractivity contribution in [3.05, 3.63) is 29.3 Å². The van der Waals surface area contributed by atoms with Gasteiger partial charge in [0.25, 0.3) is 0 Å². The second-order valence-corrected chi connectivity index (χ2v) is 7.11. The number of benzene rings is 1.